The van der Waals surface area contributed by atoms with Crippen molar-refractivity contribution in [3.05, 3.63) is 35.6 Å². The van der Waals surface area contributed by atoms with E-state index in [1.54, 1.807) is 13.8 Å². The predicted molar refractivity (Wildman–Crippen MR) is 57.0 cm³/mol. The first-order chi connectivity index (χ1) is 7.50. The molecule has 1 rings (SSSR count). The fraction of sp³-hybridized carbons (Fsp3) is 0.417. The van der Waals surface area contributed by atoms with Gasteiger partial charge >= 0.3 is 5.97 Å². The summed E-state index contributed by atoms with van der Waals surface area (Å²) in [7, 11) is 0. The van der Waals surface area contributed by atoms with Crippen LogP contribution in [0, 0.1) is 11.7 Å². The molecule has 1 atom stereocenters. The van der Waals surface area contributed by atoms with Gasteiger partial charge in [0.1, 0.15) is 12.4 Å². The van der Waals surface area contributed by atoms with Crippen molar-refractivity contribution in [1.82, 2.24) is 0 Å². The molecule has 0 aliphatic heterocycles. The molecule has 0 fully saturated rings. The van der Waals surface area contributed by atoms with Gasteiger partial charge in [-0.2, -0.15) is 0 Å². The first kappa shape index (κ1) is 12.6. The zero-order valence-electron chi connectivity index (χ0n) is 9.31. The van der Waals surface area contributed by atoms with Gasteiger partial charge in [-0.15, -0.1) is 0 Å². The van der Waals surface area contributed by atoms with Gasteiger partial charge in [0, 0.05) is 0 Å². The van der Waals surface area contributed by atoms with Crippen LogP contribution in [0.15, 0.2) is 24.3 Å². The molecule has 4 heteroatoms. The number of carbonyl (C=O) groups excluding carboxylic acids is 1. The summed E-state index contributed by atoms with van der Waals surface area (Å²) in [6.45, 7) is 3.50. The smallest absolute Gasteiger partial charge is 0.335 e. The second-order valence-corrected chi connectivity index (χ2v) is 3.92. The largest absolute Gasteiger partial charge is 0.459 e. The van der Waals surface area contributed by atoms with E-state index in [1.807, 2.05) is 0 Å². The molecule has 0 radical (unpaired) electrons. The van der Waals surface area contributed by atoms with Crippen LogP contribution in [-0.2, 0) is 16.1 Å². The number of rotatable bonds is 4. The fourth-order valence-electron chi connectivity index (χ4n) is 1.09. The van der Waals surface area contributed by atoms with E-state index in [0.29, 0.717) is 5.56 Å². The van der Waals surface area contributed by atoms with Crippen molar-refractivity contribution in [3.63, 3.8) is 0 Å². The van der Waals surface area contributed by atoms with Crippen LogP contribution in [-0.4, -0.2) is 17.2 Å². The van der Waals surface area contributed by atoms with Gasteiger partial charge in [0.25, 0.3) is 0 Å². The number of aliphatic hydroxyl groups excluding tert-OH is 1. The van der Waals surface area contributed by atoms with Gasteiger partial charge in [0.05, 0.1) is 0 Å². The van der Waals surface area contributed by atoms with Crippen LogP contribution in [0.2, 0.25) is 0 Å². The molecule has 0 spiro atoms. The van der Waals surface area contributed by atoms with E-state index >= 15 is 0 Å². The molecular weight excluding hydrogens is 211 g/mol. The lowest BCUT2D eigenvalue weighted by atomic mass is 10.1. The van der Waals surface area contributed by atoms with Gasteiger partial charge in [-0.3, -0.25) is 0 Å². The summed E-state index contributed by atoms with van der Waals surface area (Å²) < 4.78 is 17.5. The topological polar surface area (TPSA) is 46.5 Å². The quantitative estimate of drug-likeness (QED) is 0.797. The monoisotopic (exact) mass is 226 g/mol. The molecule has 0 aromatic heterocycles. The summed E-state index contributed by atoms with van der Waals surface area (Å²) in [5, 5.41) is 9.38. The van der Waals surface area contributed by atoms with E-state index in [4.69, 9.17) is 4.74 Å². The van der Waals surface area contributed by atoms with Gasteiger partial charge < -0.3 is 9.84 Å². The lowest BCUT2D eigenvalue weighted by molar-refractivity contribution is -0.157. The Hall–Kier alpha value is -1.42. The lowest BCUT2D eigenvalue weighted by Gasteiger charge is -2.13. The van der Waals surface area contributed by atoms with Gasteiger partial charge in [-0.25, -0.2) is 9.18 Å². The third-order valence-corrected chi connectivity index (χ3v) is 2.17. The second-order valence-electron chi connectivity index (χ2n) is 3.92. The zero-order chi connectivity index (χ0) is 12.1. The molecule has 1 aromatic carbocycles. The van der Waals surface area contributed by atoms with Crippen LogP contribution in [0.4, 0.5) is 4.39 Å². The Bertz CT molecular complexity index is 346. The summed E-state index contributed by atoms with van der Waals surface area (Å²) >= 11 is 0. The highest BCUT2D eigenvalue weighted by atomic mass is 19.1. The van der Waals surface area contributed by atoms with Crippen LogP contribution >= 0.6 is 0 Å². The Labute approximate surface area is 93.9 Å². The van der Waals surface area contributed by atoms with E-state index in [-0.39, 0.29) is 18.3 Å². The van der Waals surface area contributed by atoms with E-state index in [0.717, 1.165) is 0 Å². The molecule has 0 heterocycles. The Morgan fingerprint density at radius 1 is 1.38 bits per heavy atom. The molecule has 0 saturated heterocycles. The van der Waals surface area contributed by atoms with Crippen LogP contribution in [0.3, 0.4) is 0 Å². The molecule has 0 bridgehead atoms. The Kier molecular flexibility index (Phi) is 4.43. The fourth-order valence-corrected chi connectivity index (χ4v) is 1.09. The molecule has 0 amide bonds. The highest BCUT2D eigenvalue weighted by Gasteiger charge is 2.20. The van der Waals surface area contributed by atoms with Gasteiger partial charge in [-0.05, 0) is 23.6 Å². The van der Waals surface area contributed by atoms with E-state index in [1.165, 1.54) is 24.3 Å². The maximum absolute atomic E-state index is 12.6. The van der Waals surface area contributed by atoms with Crippen molar-refractivity contribution < 1.29 is 19.0 Å². The first-order valence-corrected chi connectivity index (χ1v) is 5.10. The second kappa shape index (κ2) is 5.61. The SMILES string of the molecule is CC(C)C(O)C(=O)OCc1ccc(F)cc1. The van der Waals surface area contributed by atoms with Crippen LogP contribution < -0.4 is 0 Å². The molecule has 1 N–H and O–H groups in total. The molecule has 1 aromatic rings. The highest BCUT2D eigenvalue weighted by molar-refractivity contribution is 5.74. The Balaban J connectivity index is 2.46. The van der Waals surface area contributed by atoms with Crippen LogP contribution in [0.25, 0.3) is 0 Å². The summed E-state index contributed by atoms with van der Waals surface area (Å²) in [6, 6.07) is 5.65. The van der Waals surface area contributed by atoms with Crippen LogP contribution in [0.5, 0.6) is 0 Å². The summed E-state index contributed by atoms with van der Waals surface area (Å²) in [4.78, 5) is 11.3. The Morgan fingerprint density at radius 2 is 1.94 bits per heavy atom. The zero-order valence-corrected chi connectivity index (χ0v) is 9.31. The summed E-state index contributed by atoms with van der Waals surface area (Å²) in [6.07, 6.45) is -1.11. The molecule has 0 aliphatic rings. The third-order valence-electron chi connectivity index (χ3n) is 2.17. The molecule has 88 valence electrons. The highest BCUT2D eigenvalue weighted by Crippen LogP contribution is 2.07. The van der Waals surface area contributed by atoms with Crippen molar-refractivity contribution >= 4 is 5.97 Å². The predicted octanol–water partition coefficient (Wildman–Crippen LogP) is 1.89. The maximum Gasteiger partial charge on any atom is 0.335 e. The van der Waals surface area contributed by atoms with Crippen molar-refractivity contribution in [2.45, 2.75) is 26.6 Å². The number of carbonyl (C=O) groups is 1. The van der Waals surface area contributed by atoms with Crippen molar-refractivity contribution in [2.75, 3.05) is 0 Å². The number of aliphatic hydroxyl groups is 1. The molecule has 0 saturated carbocycles. The van der Waals surface area contributed by atoms with E-state index in [9.17, 15) is 14.3 Å². The average Bonchev–Trinajstić information content (AvgIpc) is 2.26. The maximum atomic E-state index is 12.6. The number of benzene rings is 1. The van der Waals surface area contributed by atoms with Gasteiger partial charge in [0.2, 0.25) is 0 Å². The van der Waals surface area contributed by atoms with Gasteiger partial charge in [-0.1, -0.05) is 26.0 Å². The summed E-state index contributed by atoms with van der Waals surface area (Å²) in [5.41, 5.74) is 0.686. The van der Waals surface area contributed by atoms with Crippen molar-refractivity contribution in [1.29, 1.82) is 0 Å². The number of halogens is 1. The average molecular weight is 226 g/mol. The van der Waals surface area contributed by atoms with Crippen molar-refractivity contribution in [2.24, 2.45) is 5.92 Å². The number of esters is 1. The standard InChI is InChI=1S/C12H15FO3/c1-8(2)11(14)12(15)16-7-9-3-5-10(13)6-4-9/h3-6,8,11,14H,7H2,1-2H3. The molecule has 0 aliphatic carbocycles. The molecule has 3 nitrogen and oxygen atoms in total. The molecule has 1 unspecified atom stereocenters. The number of hydrogen-bond acceptors (Lipinski definition) is 3. The number of hydrogen-bond donors (Lipinski definition) is 1. The normalized spacial score (nSPS) is 12.6. The van der Waals surface area contributed by atoms with Gasteiger partial charge in [0.15, 0.2) is 6.10 Å². The Morgan fingerprint density at radius 3 is 2.44 bits per heavy atom. The molecular formula is C12H15FO3. The minimum atomic E-state index is -1.11. The number of ether oxygens (including phenoxy) is 1. The third kappa shape index (κ3) is 3.62. The minimum absolute atomic E-state index is 0.0445. The van der Waals surface area contributed by atoms with E-state index in [2.05, 4.69) is 0 Å². The van der Waals surface area contributed by atoms with Crippen molar-refractivity contribution in [3.8, 4) is 0 Å². The molecule has 16 heavy (non-hydrogen) atoms. The summed E-state index contributed by atoms with van der Waals surface area (Å²) in [5.74, 6) is -1.17. The lowest BCUT2D eigenvalue weighted by Crippen LogP contribution is -2.27. The van der Waals surface area contributed by atoms with Crippen LogP contribution in [0.1, 0.15) is 19.4 Å². The first-order valence-electron chi connectivity index (χ1n) is 5.10. The minimum Gasteiger partial charge on any atom is -0.459 e. The van der Waals surface area contributed by atoms with E-state index < -0.39 is 12.1 Å².